The Hall–Kier alpha value is -1.40. The summed E-state index contributed by atoms with van der Waals surface area (Å²) < 4.78 is 10.4. The van der Waals surface area contributed by atoms with Gasteiger partial charge in [0.1, 0.15) is 17.5 Å². The van der Waals surface area contributed by atoms with Gasteiger partial charge in [0.15, 0.2) is 0 Å². The largest absolute Gasteiger partial charge is 1.00 e. The van der Waals surface area contributed by atoms with Gasteiger partial charge < -0.3 is 28.7 Å². The first-order valence-corrected chi connectivity index (χ1v) is 7.38. The second-order valence-electron chi connectivity index (χ2n) is 4.91. The van der Waals surface area contributed by atoms with Gasteiger partial charge in [-0.15, -0.1) is 11.3 Å². The van der Waals surface area contributed by atoms with Crippen molar-refractivity contribution in [1.82, 2.24) is 0 Å². The normalized spacial score (nSPS) is 11.0. The SMILES string of the molecule is COc1cccc2c1cc1sc3ccccc3c1[n+]2C.[I-]. The topological polar surface area (TPSA) is 13.1 Å². The van der Waals surface area contributed by atoms with Gasteiger partial charge in [0.25, 0.3) is 0 Å². The Labute approximate surface area is 144 Å². The van der Waals surface area contributed by atoms with Gasteiger partial charge in [-0.25, -0.2) is 0 Å². The lowest BCUT2D eigenvalue weighted by atomic mass is 10.1. The first kappa shape index (κ1) is 14.5. The summed E-state index contributed by atoms with van der Waals surface area (Å²) in [6, 6.07) is 17.0. The number of halogens is 1. The maximum atomic E-state index is 5.50. The molecule has 0 radical (unpaired) electrons. The minimum absolute atomic E-state index is 0. The molecule has 21 heavy (non-hydrogen) atoms. The van der Waals surface area contributed by atoms with Crippen molar-refractivity contribution in [3.8, 4) is 5.75 Å². The molecule has 0 saturated heterocycles. The van der Waals surface area contributed by atoms with Crippen LogP contribution < -0.4 is 33.3 Å². The van der Waals surface area contributed by atoms with E-state index < -0.39 is 0 Å². The fourth-order valence-electron chi connectivity index (χ4n) is 2.89. The molecule has 2 aromatic heterocycles. The van der Waals surface area contributed by atoms with Gasteiger partial charge in [-0.05, 0) is 24.3 Å². The molecule has 0 spiro atoms. The number of thiophene rings is 1. The number of pyridine rings is 1. The fraction of sp³-hybridized carbons (Fsp3) is 0.118. The lowest BCUT2D eigenvalue weighted by molar-refractivity contribution is -0.616. The van der Waals surface area contributed by atoms with Crippen LogP contribution in [0, 0.1) is 0 Å². The molecule has 0 fully saturated rings. The monoisotopic (exact) mass is 407 g/mol. The molecule has 0 aliphatic carbocycles. The van der Waals surface area contributed by atoms with Crippen LogP contribution in [0.3, 0.4) is 0 Å². The van der Waals surface area contributed by atoms with E-state index in [0.29, 0.717) is 0 Å². The number of ether oxygens (including phenoxy) is 1. The molecule has 0 aliphatic heterocycles. The first-order valence-electron chi connectivity index (χ1n) is 6.56. The maximum absolute atomic E-state index is 5.50. The molecule has 2 aromatic carbocycles. The Morgan fingerprint density at radius 2 is 1.76 bits per heavy atom. The van der Waals surface area contributed by atoms with Crippen LogP contribution in [0.5, 0.6) is 5.75 Å². The minimum atomic E-state index is 0. The molecular weight excluding hydrogens is 393 g/mol. The Kier molecular flexibility index (Phi) is 3.75. The number of hydrogen-bond acceptors (Lipinski definition) is 2. The molecule has 0 aliphatic rings. The highest BCUT2D eigenvalue weighted by Gasteiger charge is 2.18. The Morgan fingerprint density at radius 3 is 2.57 bits per heavy atom. The highest BCUT2D eigenvalue weighted by molar-refractivity contribution is 7.25. The van der Waals surface area contributed by atoms with E-state index in [4.69, 9.17) is 4.74 Å². The van der Waals surface area contributed by atoms with Gasteiger partial charge in [-0.3, -0.25) is 0 Å². The average Bonchev–Trinajstić information content (AvgIpc) is 2.85. The van der Waals surface area contributed by atoms with Gasteiger partial charge in [-0.1, -0.05) is 18.2 Å². The number of methoxy groups -OCH3 is 1. The zero-order valence-electron chi connectivity index (χ0n) is 11.8. The van der Waals surface area contributed by atoms with E-state index in [-0.39, 0.29) is 24.0 Å². The van der Waals surface area contributed by atoms with E-state index in [9.17, 15) is 0 Å². The van der Waals surface area contributed by atoms with E-state index >= 15 is 0 Å². The lowest BCUT2D eigenvalue weighted by Crippen LogP contribution is -3.00. The van der Waals surface area contributed by atoms with Crippen molar-refractivity contribution in [3.05, 3.63) is 48.5 Å². The number of aromatic nitrogens is 1. The molecule has 4 rings (SSSR count). The summed E-state index contributed by atoms with van der Waals surface area (Å²) in [5, 5.41) is 2.48. The summed E-state index contributed by atoms with van der Waals surface area (Å²) in [6.45, 7) is 0. The first-order chi connectivity index (χ1) is 9.79. The quantitative estimate of drug-likeness (QED) is 0.340. The number of nitrogens with zero attached hydrogens (tertiary/aromatic N) is 1. The second kappa shape index (κ2) is 5.42. The van der Waals surface area contributed by atoms with Crippen molar-refractivity contribution in [3.63, 3.8) is 0 Å². The van der Waals surface area contributed by atoms with Crippen molar-refractivity contribution in [2.45, 2.75) is 0 Å². The number of hydrogen-bond donors (Lipinski definition) is 0. The van der Waals surface area contributed by atoms with Crippen molar-refractivity contribution in [1.29, 1.82) is 0 Å². The molecule has 0 bridgehead atoms. The zero-order chi connectivity index (χ0) is 13.7. The third-order valence-electron chi connectivity index (χ3n) is 3.83. The van der Waals surface area contributed by atoms with Crippen molar-refractivity contribution in [2.24, 2.45) is 7.05 Å². The predicted octanol–water partition coefficient (Wildman–Crippen LogP) is 1.04. The van der Waals surface area contributed by atoms with E-state index in [1.165, 1.54) is 25.8 Å². The van der Waals surface area contributed by atoms with Gasteiger partial charge >= 0.3 is 0 Å². The minimum Gasteiger partial charge on any atom is -1.00 e. The van der Waals surface area contributed by atoms with Gasteiger partial charge in [-0.2, -0.15) is 4.57 Å². The summed E-state index contributed by atoms with van der Waals surface area (Å²) >= 11 is 1.83. The third-order valence-corrected chi connectivity index (χ3v) is 4.94. The highest BCUT2D eigenvalue weighted by atomic mass is 127. The van der Waals surface area contributed by atoms with Gasteiger partial charge in [0.05, 0.1) is 17.9 Å². The molecule has 4 heteroatoms. The Balaban J connectivity index is 0.00000132. The Morgan fingerprint density at radius 1 is 0.952 bits per heavy atom. The molecule has 0 saturated carbocycles. The predicted molar refractivity (Wildman–Crippen MR) is 84.6 cm³/mol. The van der Waals surface area contributed by atoms with Crippen LogP contribution in [0.1, 0.15) is 0 Å². The van der Waals surface area contributed by atoms with E-state index in [1.54, 1.807) is 7.11 Å². The summed E-state index contributed by atoms with van der Waals surface area (Å²) in [5.41, 5.74) is 2.49. The van der Waals surface area contributed by atoms with Crippen LogP contribution in [0.2, 0.25) is 0 Å². The summed E-state index contributed by atoms with van der Waals surface area (Å²) in [5.74, 6) is 0.928. The third kappa shape index (κ3) is 2.08. The maximum Gasteiger partial charge on any atom is 0.231 e. The molecule has 0 amide bonds. The molecular formula is C17H14INOS. The molecule has 0 N–H and O–H groups in total. The molecule has 4 aromatic rings. The Bertz CT molecular complexity index is 961. The molecule has 106 valence electrons. The van der Waals surface area contributed by atoms with Crippen LogP contribution in [-0.2, 0) is 7.05 Å². The van der Waals surface area contributed by atoms with Crippen LogP contribution in [0.25, 0.3) is 31.2 Å². The fourth-order valence-corrected chi connectivity index (χ4v) is 4.07. The number of benzene rings is 2. The van der Waals surface area contributed by atoms with Crippen LogP contribution in [0.15, 0.2) is 48.5 Å². The van der Waals surface area contributed by atoms with Crippen LogP contribution in [0.4, 0.5) is 0 Å². The lowest BCUT2D eigenvalue weighted by Gasteiger charge is -2.04. The zero-order valence-corrected chi connectivity index (χ0v) is 14.7. The number of fused-ring (bicyclic) bond motifs is 4. The molecule has 2 nitrogen and oxygen atoms in total. The summed E-state index contributed by atoms with van der Waals surface area (Å²) in [6.07, 6.45) is 0. The van der Waals surface area contributed by atoms with Crippen molar-refractivity contribution >= 4 is 42.5 Å². The smallest absolute Gasteiger partial charge is 0.231 e. The van der Waals surface area contributed by atoms with Gasteiger partial charge in [0.2, 0.25) is 11.0 Å². The standard InChI is InChI=1S/C17H14NOS.HI/c1-18-13-7-5-8-14(19-2)12(13)10-16-17(18)11-6-3-4-9-15(11)20-16;/h3-10H,1-2H3;1H/q+1;/p-1. The molecule has 2 heterocycles. The van der Waals surface area contributed by atoms with Gasteiger partial charge in [0, 0.05) is 10.8 Å². The average molecular weight is 407 g/mol. The summed E-state index contributed by atoms with van der Waals surface area (Å²) in [4.78, 5) is 0. The van der Waals surface area contributed by atoms with Crippen LogP contribution >= 0.6 is 11.3 Å². The van der Waals surface area contributed by atoms with Crippen molar-refractivity contribution in [2.75, 3.05) is 7.11 Å². The molecule has 0 atom stereocenters. The molecule has 0 unspecified atom stereocenters. The van der Waals surface area contributed by atoms with E-state index in [2.05, 4.69) is 48.0 Å². The second-order valence-corrected chi connectivity index (χ2v) is 5.99. The van der Waals surface area contributed by atoms with Crippen LogP contribution in [-0.4, -0.2) is 7.11 Å². The highest BCUT2D eigenvalue weighted by Crippen LogP contribution is 2.35. The summed E-state index contributed by atoms with van der Waals surface area (Å²) in [7, 11) is 3.85. The van der Waals surface area contributed by atoms with E-state index in [0.717, 1.165) is 11.1 Å². The van der Waals surface area contributed by atoms with Crippen molar-refractivity contribution < 1.29 is 33.3 Å². The number of rotatable bonds is 1. The van der Waals surface area contributed by atoms with E-state index in [1.807, 2.05) is 23.5 Å². The number of aryl methyl sites for hydroxylation is 1.